The summed E-state index contributed by atoms with van der Waals surface area (Å²) in [6.45, 7) is 0. The number of hydrazone groups is 1. The van der Waals surface area contributed by atoms with Gasteiger partial charge >= 0.3 is 5.97 Å². The maximum Gasteiger partial charge on any atom is 0.337 e. The molecule has 0 atom stereocenters. The maximum atomic E-state index is 11.8. The van der Waals surface area contributed by atoms with Crippen LogP contribution >= 0.6 is 11.8 Å². The van der Waals surface area contributed by atoms with Crippen LogP contribution in [0, 0.1) is 0 Å². The lowest BCUT2D eigenvalue weighted by Gasteiger charge is -2.03. The molecule has 1 N–H and O–H groups in total. The van der Waals surface area contributed by atoms with Crippen LogP contribution < -0.4 is 10.2 Å². The van der Waals surface area contributed by atoms with E-state index in [0.717, 1.165) is 22.6 Å². The average Bonchev–Trinajstić information content (AvgIpc) is 2.68. The van der Waals surface area contributed by atoms with Crippen LogP contribution in [-0.4, -0.2) is 38.1 Å². The van der Waals surface area contributed by atoms with E-state index in [0.29, 0.717) is 11.3 Å². The smallest absolute Gasteiger partial charge is 0.337 e. The van der Waals surface area contributed by atoms with Crippen LogP contribution in [0.15, 0.2) is 53.6 Å². The number of esters is 1. The van der Waals surface area contributed by atoms with Crippen molar-refractivity contribution in [3.8, 4) is 5.75 Å². The molecule has 2 aromatic rings. The van der Waals surface area contributed by atoms with Gasteiger partial charge in [0.05, 0.1) is 31.8 Å². The van der Waals surface area contributed by atoms with Gasteiger partial charge in [-0.25, -0.2) is 10.2 Å². The number of benzene rings is 2. The molecule has 0 aliphatic carbocycles. The number of carbonyl (C=O) groups excluding carboxylic acids is 2. The van der Waals surface area contributed by atoms with E-state index in [1.165, 1.54) is 25.1 Å². The maximum absolute atomic E-state index is 11.8. The van der Waals surface area contributed by atoms with Crippen LogP contribution in [0.25, 0.3) is 0 Å². The lowest BCUT2D eigenvalue weighted by atomic mass is 10.1. The van der Waals surface area contributed by atoms with Gasteiger partial charge < -0.3 is 9.47 Å². The molecule has 0 aromatic heterocycles. The van der Waals surface area contributed by atoms with Crippen LogP contribution in [-0.2, 0) is 15.3 Å². The highest BCUT2D eigenvalue weighted by Crippen LogP contribution is 2.16. The molecule has 7 heteroatoms. The monoisotopic (exact) mass is 372 g/mol. The Kier molecular flexibility index (Phi) is 7.70. The zero-order chi connectivity index (χ0) is 18.8. The molecule has 26 heavy (non-hydrogen) atoms. The molecular weight excluding hydrogens is 352 g/mol. The normalized spacial score (nSPS) is 10.5. The number of hydrogen-bond donors (Lipinski definition) is 1. The number of carbonyl (C=O) groups is 2. The minimum absolute atomic E-state index is 0.175. The summed E-state index contributed by atoms with van der Waals surface area (Å²) in [6.07, 6.45) is 1.52. The quantitative estimate of drug-likeness (QED) is 0.438. The molecule has 2 aromatic carbocycles. The van der Waals surface area contributed by atoms with Crippen LogP contribution in [0.3, 0.4) is 0 Å². The van der Waals surface area contributed by atoms with Crippen molar-refractivity contribution in [3.63, 3.8) is 0 Å². The van der Waals surface area contributed by atoms with E-state index in [2.05, 4.69) is 15.3 Å². The zero-order valence-electron chi connectivity index (χ0n) is 14.6. The van der Waals surface area contributed by atoms with Gasteiger partial charge in [-0.3, -0.25) is 4.79 Å². The third kappa shape index (κ3) is 6.25. The van der Waals surface area contributed by atoms with E-state index in [4.69, 9.17) is 4.74 Å². The lowest BCUT2D eigenvalue weighted by Crippen LogP contribution is -2.19. The topological polar surface area (TPSA) is 77.0 Å². The highest BCUT2D eigenvalue weighted by molar-refractivity contribution is 7.99. The largest absolute Gasteiger partial charge is 0.497 e. The van der Waals surface area contributed by atoms with Crippen LogP contribution in [0.4, 0.5) is 0 Å². The molecule has 0 aliphatic heterocycles. The first-order chi connectivity index (χ1) is 12.6. The van der Waals surface area contributed by atoms with Crippen molar-refractivity contribution in [1.82, 2.24) is 5.43 Å². The lowest BCUT2D eigenvalue weighted by molar-refractivity contribution is -0.118. The number of methoxy groups -OCH3 is 2. The molecule has 0 aliphatic rings. The molecule has 0 fully saturated rings. The number of rotatable bonds is 8. The summed E-state index contributed by atoms with van der Waals surface area (Å²) in [4.78, 5) is 23.1. The molecule has 0 radical (unpaired) electrons. The van der Waals surface area contributed by atoms with Gasteiger partial charge in [-0.05, 0) is 35.4 Å². The van der Waals surface area contributed by atoms with E-state index in [9.17, 15) is 9.59 Å². The van der Waals surface area contributed by atoms with Crippen molar-refractivity contribution in [2.45, 2.75) is 5.75 Å². The first-order valence-corrected chi connectivity index (χ1v) is 8.99. The van der Waals surface area contributed by atoms with Gasteiger partial charge in [0, 0.05) is 5.75 Å². The highest BCUT2D eigenvalue weighted by Gasteiger charge is 2.04. The molecule has 1 amide bonds. The van der Waals surface area contributed by atoms with Gasteiger partial charge in [0.25, 0.3) is 0 Å². The van der Waals surface area contributed by atoms with E-state index >= 15 is 0 Å². The van der Waals surface area contributed by atoms with Gasteiger partial charge in [-0.2, -0.15) is 5.10 Å². The Morgan fingerprint density at radius 3 is 2.38 bits per heavy atom. The Morgan fingerprint density at radius 1 is 1.08 bits per heavy atom. The number of nitrogens with one attached hydrogen (secondary N) is 1. The molecule has 2 rings (SSSR count). The molecule has 0 saturated heterocycles. The fourth-order valence-electron chi connectivity index (χ4n) is 2.02. The number of thioether (sulfide) groups is 1. The molecule has 0 spiro atoms. The van der Waals surface area contributed by atoms with Crippen LogP contribution in [0.1, 0.15) is 21.5 Å². The first kappa shape index (κ1) is 19.5. The predicted octanol–water partition coefficient (Wildman–Crippen LogP) is 2.87. The average molecular weight is 372 g/mol. The Labute approximate surface area is 156 Å². The SMILES string of the molecule is COC(=O)c1ccc(/C=N\NC(=O)CSCc2ccc(OC)cc2)cc1. The van der Waals surface area contributed by atoms with E-state index in [1.807, 2.05) is 24.3 Å². The van der Waals surface area contributed by atoms with Crippen molar-refractivity contribution < 1.29 is 19.1 Å². The third-order valence-corrected chi connectivity index (χ3v) is 4.40. The number of nitrogens with zero attached hydrogens (tertiary/aromatic N) is 1. The van der Waals surface area contributed by atoms with Gasteiger partial charge in [-0.1, -0.05) is 24.3 Å². The van der Waals surface area contributed by atoms with Gasteiger partial charge in [0.2, 0.25) is 5.91 Å². The Balaban J connectivity index is 1.72. The molecule has 136 valence electrons. The highest BCUT2D eigenvalue weighted by atomic mass is 32.2. The Morgan fingerprint density at radius 2 is 1.77 bits per heavy atom. The predicted molar refractivity (Wildman–Crippen MR) is 103 cm³/mol. The van der Waals surface area contributed by atoms with Crippen molar-refractivity contribution in [2.24, 2.45) is 5.10 Å². The summed E-state index contributed by atoms with van der Waals surface area (Å²) < 4.78 is 9.74. The summed E-state index contributed by atoms with van der Waals surface area (Å²) in [7, 11) is 2.96. The van der Waals surface area contributed by atoms with Crippen LogP contribution in [0.5, 0.6) is 5.75 Å². The summed E-state index contributed by atoms with van der Waals surface area (Å²) >= 11 is 1.50. The van der Waals surface area contributed by atoms with E-state index in [-0.39, 0.29) is 5.91 Å². The molecule has 6 nitrogen and oxygen atoms in total. The van der Waals surface area contributed by atoms with E-state index in [1.54, 1.807) is 31.4 Å². The first-order valence-electron chi connectivity index (χ1n) is 7.83. The molecule has 0 heterocycles. The molecule has 0 saturated carbocycles. The number of hydrogen-bond acceptors (Lipinski definition) is 6. The van der Waals surface area contributed by atoms with E-state index < -0.39 is 5.97 Å². The zero-order valence-corrected chi connectivity index (χ0v) is 15.4. The Bertz CT molecular complexity index is 758. The summed E-state index contributed by atoms with van der Waals surface area (Å²) in [5, 5.41) is 3.91. The molecule has 0 unspecified atom stereocenters. The van der Waals surface area contributed by atoms with Gasteiger partial charge in [-0.15, -0.1) is 11.8 Å². The second kappa shape index (κ2) is 10.2. The fraction of sp³-hybridized carbons (Fsp3) is 0.211. The summed E-state index contributed by atoms with van der Waals surface area (Å²) in [5.74, 6) is 1.29. The van der Waals surface area contributed by atoms with Crippen molar-refractivity contribution in [1.29, 1.82) is 0 Å². The number of ether oxygens (including phenoxy) is 2. The minimum Gasteiger partial charge on any atom is -0.497 e. The minimum atomic E-state index is -0.393. The molecular formula is C19H20N2O4S. The number of amides is 1. The van der Waals surface area contributed by atoms with Crippen molar-refractivity contribution in [3.05, 3.63) is 65.2 Å². The summed E-state index contributed by atoms with van der Waals surface area (Å²) in [6, 6.07) is 14.5. The third-order valence-electron chi connectivity index (χ3n) is 3.40. The second-order valence-corrected chi connectivity index (χ2v) is 6.23. The second-order valence-electron chi connectivity index (χ2n) is 5.25. The van der Waals surface area contributed by atoms with Gasteiger partial charge in [0.15, 0.2) is 0 Å². The van der Waals surface area contributed by atoms with Crippen molar-refractivity contribution >= 4 is 29.9 Å². The van der Waals surface area contributed by atoms with Crippen LogP contribution in [0.2, 0.25) is 0 Å². The van der Waals surface area contributed by atoms with Crippen molar-refractivity contribution in [2.75, 3.05) is 20.0 Å². The Hall–Kier alpha value is -2.80. The summed E-state index contributed by atoms with van der Waals surface area (Å²) in [5.41, 5.74) is 4.83. The van der Waals surface area contributed by atoms with Gasteiger partial charge in [0.1, 0.15) is 5.75 Å². The standard InChI is InChI=1S/C19H20N2O4S/c1-24-17-9-5-15(6-10-17)12-26-13-18(22)21-20-11-14-3-7-16(8-4-14)19(23)25-2/h3-11H,12-13H2,1-2H3,(H,21,22)/b20-11-. The molecule has 0 bridgehead atoms. The fourth-order valence-corrected chi connectivity index (χ4v) is 2.80.